The molecule has 5 nitrogen and oxygen atoms in total. The van der Waals surface area contributed by atoms with Crippen molar-refractivity contribution in [3.05, 3.63) is 68.6 Å². The number of likely N-dealkylation sites (tertiary alicyclic amines) is 1. The predicted molar refractivity (Wildman–Crippen MR) is 103 cm³/mol. The zero-order valence-corrected chi connectivity index (χ0v) is 15.4. The van der Waals surface area contributed by atoms with E-state index in [1.165, 1.54) is 0 Å². The first-order valence-corrected chi connectivity index (χ1v) is 9.24. The third kappa shape index (κ3) is 2.91. The number of carbonyl (C=O) groups is 1. The van der Waals surface area contributed by atoms with E-state index in [4.69, 9.17) is 23.2 Å². The SMILES string of the molecule is O=C(c1cccc(Cl)c1Cl)N1CCC(n2c(=O)[nH]c3ccccc32)CC1. The third-order valence-corrected chi connectivity index (χ3v) is 5.74. The molecule has 2 heterocycles. The summed E-state index contributed by atoms with van der Waals surface area (Å²) in [7, 11) is 0. The first-order chi connectivity index (χ1) is 12.6. The molecule has 4 rings (SSSR count). The van der Waals surface area contributed by atoms with Crippen LogP contribution >= 0.6 is 23.2 Å². The number of carbonyl (C=O) groups excluding carboxylic acids is 1. The summed E-state index contributed by atoms with van der Waals surface area (Å²) in [6, 6.07) is 12.8. The van der Waals surface area contributed by atoms with Gasteiger partial charge in [-0.2, -0.15) is 0 Å². The maximum absolute atomic E-state index is 12.8. The molecule has 3 aromatic rings. The van der Waals surface area contributed by atoms with Crippen LogP contribution in [-0.4, -0.2) is 33.4 Å². The number of nitrogens with zero attached hydrogens (tertiary/aromatic N) is 2. The summed E-state index contributed by atoms with van der Waals surface area (Å²) >= 11 is 12.2. The number of rotatable bonds is 2. The van der Waals surface area contributed by atoms with Crippen molar-refractivity contribution >= 4 is 40.1 Å². The van der Waals surface area contributed by atoms with Crippen molar-refractivity contribution in [3.8, 4) is 0 Å². The second-order valence-corrected chi connectivity index (χ2v) is 7.23. The maximum atomic E-state index is 12.8. The highest BCUT2D eigenvalue weighted by Crippen LogP contribution is 2.29. The Hall–Kier alpha value is -2.24. The van der Waals surface area contributed by atoms with Gasteiger partial charge in [-0.25, -0.2) is 4.79 Å². The van der Waals surface area contributed by atoms with Gasteiger partial charge in [0.1, 0.15) is 0 Å². The van der Waals surface area contributed by atoms with Crippen LogP contribution in [0.3, 0.4) is 0 Å². The summed E-state index contributed by atoms with van der Waals surface area (Å²) in [4.78, 5) is 29.8. The van der Waals surface area contributed by atoms with Crippen LogP contribution in [0.4, 0.5) is 0 Å². The number of aromatic amines is 1. The Kier molecular flexibility index (Phi) is 4.51. The van der Waals surface area contributed by atoms with E-state index < -0.39 is 0 Å². The molecule has 134 valence electrons. The highest BCUT2D eigenvalue weighted by Gasteiger charge is 2.27. The molecule has 1 fully saturated rings. The van der Waals surface area contributed by atoms with Gasteiger partial charge in [0.25, 0.3) is 5.91 Å². The quantitative estimate of drug-likeness (QED) is 0.716. The summed E-state index contributed by atoms with van der Waals surface area (Å²) in [6.45, 7) is 1.14. The molecule has 0 saturated carbocycles. The molecule has 1 amide bonds. The Morgan fingerprint density at radius 2 is 1.77 bits per heavy atom. The fraction of sp³-hybridized carbons (Fsp3) is 0.263. The van der Waals surface area contributed by atoms with E-state index >= 15 is 0 Å². The summed E-state index contributed by atoms with van der Waals surface area (Å²) < 4.78 is 1.81. The van der Waals surface area contributed by atoms with Gasteiger partial charge in [0.05, 0.1) is 26.6 Å². The van der Waals surface area contributed by atoms with Crippen LogP contribution in [-0.2, 0) is 0 Å². The Labute approximate surface area is 160 Å². The van der Waals surface area contributed by atoms with Gasteiger partial charge < -0.3 is 9.88 Å². The number of fused-ring (bicyclic) bond motifs is 1. The standard InChI is InChI=1S/C19H17Cl2N3O2/c20-14-5-3-4-13(17(14)21)18(25)23-10-8-12(9-11-23)24-16-7-2-1-6-15(16)22-19(24)26/h1-7,12H,8-11H2,(H,22,26). The van der Waals surface area contributed by atoms with E-state index in [0.717, 1.165) is 11.0 Å². The van der Waals surface area contributed by atoms with Crippen molar-refractivity contribution in [2.24, 2.45) is 0 Å². The van der Waals surface area contributed by atoms with Gasteiger partial charge in [0.2, 0.25) is 0 Å². The largest absolute Gasteiger partial charge is 0.338 e. The highest BCUT2D eigenvalue weighted by molar-refractivity contribution is 6.43. The minimum atomic E-state index is -0.123. The lowest BCUT2D eigenvalue weighted by molar-refractivity contribution is 0.0695. The van der Waals surface area contributed by atoms with E-state index in [2.05, 4.69) is 4.98 Å². The number of hydrogen-bond donors (Lipinski definition) is 1. The molecule has 7 heteroatoms. The maximum Gasteiger partial charge on any atom is 0.326 e. The number of halogens is 2. The average Bonchev–Trinajstić information content (AvgIpc) is 2.99. The number of para-hydroxylation sites is 2. The van der Waals surface area contributed by atoms with Crippen molar-refractivity contribution in [1.82, 2.24) is 14.5 Å². The number of nitrogens with one attached hydrogen (secondary N) is 1. The van der Waals surface area contributed by atoms with Crippen LogP contribution in [0, 0.1) is 0 Å². The first-order valence-electron chi connectivity index (χ1n) is 8.49. The lowest BCUT2D eigenvalue weighted by Crippen LogP contribution is -2.40. The summed E-state index contributed by atoms with van der Waals surface area (Å²) in [5, 5.41) is 0.659. The smallest absolute Gasteiger partial charge is 0.326 e. The van der Waals surface area contributed by atoms with Crippen LogP contribution in [0.2, 0.25) is 10.0 Å². The molecule has 0 spiro atoms. The molecule has 2 aromatic carbocycles. The Morgan fingerprint density at radius 1 is 1.04 bits per heavy atom. The molecule has 1 aliphatic heterocycles. The molecule has 1 N–H and O–H groups in total. The van der Waals surface area contributed by atoms with Gasteiger partial charge in [-0.1, -0.05) is 41.4 Å². The molecule has 26 heavy (non-hydrogen) atoms. The second-order valence-electron chi connectivity index (χ2n) is 6.44. The molecule has 1 aromatic heterocycles. The number of amides is 1. The van der Waals surface area contributed by atoms with E-state index in [0.29, 0.717) is 36.5 Å². The third-order valence-electron chi connectivity index (χ3n) is 4.92. The first kappa shape index (κ1) is 17.2. The van der Waals surface area contributed by atoms with Crippen molar-refractivity contribution in [2.75, 3.05) is 13.1 Å². The summed E-state index contributed by atoms with van der Waals surface area (Å²) in [6.07, 6.45) is 1.43. The fourth-order valence-corrected chi connectivity index (χ4v) is 3.98. The molecular weight excluding hydrogens is 373 g/mol. The van der Waals surface area contributed by atoms with Gasteiger partial charge >= 0.3 is 5.69 Å². The normalized spacial score (nSPS) is 15.5. The number of aromatic nitrogens is 2. The van der Waals surface area contributed by atoms with Gasteiger partial charge in [-0.3, -0.25) is 9.36 Å². The van der Waals surface area contributed by atoms with Crippen molar-refractivity contribution in [2.45, 2.75) is 18.9 Å². The Bertz CT molecular complexity index is 1030. The van der Waals surface area contributed by atoms with Crippen molar-refractivity contribution < 1.29 is 4.79 Å². The van der Waals surface area contributed by atoms with Crippen LogP contribution < -0.4 is 5.69 Å². The lowest BCUT2D eigenvalue weighted by atomic mass is 10.0. The average molecular weight is 390 g/mol. The fourth-order valence-electron chi connectivity index (χ4n) is 3.60. The van der Waals surface area contributed by atoms with Crippen LogP contribution in [0.5, 0.6) is 0 Å². The minimum Gasteiger partial charge on any atom is -0.338 e. The zero-order valence-electron chi connectivity index (χ0n) is 13.9. The van der Waals surface area contributed by atoms with Gasteiger partial charge in [-0.15, -0.1) is 0 Å². The number of piperidine rings is 1. The topological polar surface area (TPSA) is 58.1 Å². The van der Waals surface area contributed by atoms with E-state index in [-0.39, 0.29) is 22.7 Å². The van der Waals surface area contributed by atoms with Crippen LogP contribution in [0.15, 0.2) is 47.3 Å². The number of H-pyrrole nitrogens is 1. The molecular formula is C19H17Cl2N3O2. The van der Waals surface area contributed by atoms with E-state index in [1.807, 2.05) is 28.8 Å². The Morgan fingerprint density at radius 3 is 2.54 bits per heavy atom. The number of hydrogen-bond acceptors (Lipinski definition) is 2. The number of imidazole rings is 1. The van der Waals surface area contributed by atoms with Gasteiger partial charge in [-0.05, 0) is 37.1 Å². The van der Waals surface area contributed by atoms with Gasteiger partial charge in [0.15, 0.2) is 0 Å². The predicted octanol–water partition coefficient (Wildman–Crippen LogP) is 4.11. The lowest BCUT2D eigenvalue weighted by Gasteiger charge is -2.32. The Balaban J connectivity index is 1.54. The van der Waals surface area contributed by atoms with Crippen molar-refractivity contribution in [1.29, 1.82) is 0 Å². The molecule has 1 aliphatic rings. The molecule has 0 radical (unpaired) electrons. The van der Waals surface area contributed by atoms with Gasteiger partial charge in [0, 0.05) is 19.1 Å². The highest BCUT2D eigenvalue weighted by atomic mass is 35.5. The zero-order chi connectivity index (χ0) is 18.3. The monoisotopic (exact) mass is 389 g/mol. The molecule has 1 saturated heterocycles. The number of benzene rings is 2. The molecule has 0 atom stereocenters. The van der Waals surface area contributed by atoms with Crippen LogP contribution in [0.25, 0.3) is 11.0 Å². The summed E-state index contributed by atoms with van der Waals surface area (Å²) in [5.41, 5.74) is 2.05. The van der Waals surface area contributed by atoms with E-state index in [9.17, 15) is 9.59 Å². The van der Waals surface area contributed by atoms with Crippen molar-refractivity contribution in [3.63, 3.8) is 0 Å². The molecule has 0 unspecified atom stereocenters. The van der Waals surface area contributed by atoms with Crippen LogP contribution in [0.1, 0.15) is 29.2 Å². The summed E-state index contributed by atoms with van der Waals surface area (Å²) in [5.74, 6) is -0.123. The minimum absolute atomic E-state index is 0.0672. The molecule has 0 bridgehead atoms. The molecule has 0 aliphatic carbocycles. The second kappa shape index (κ2) is 6.82. The van der Waals surface area contributed by atoms with E-state index in [1.54, 1.807) is 23.1 Å².